The van der Waals surface area contributed by atoms with Crippen molar-refractivity contribution in [3.8, 4) is 16.9 Å². The third-order valence-electron chi connectivity index (χ3n) is 4.31. The Balaban J connectivity index is 1.94. The Morgan fingerprint density at radius 1 is 1.08 bits per heavy atom. The van der Waals surface area contributed by atoms with Crippen LogP contribution in [-0.2, 0) is 10.0 Å². The third-order valence-corrected chi connectivity index (χ3v) is 6.18. The molecule has 0 saturated heterocycles. The molecule has 2 aromatic carbocycles. The Labute approximate surface area is 143 Å². The standard InChI is InChI=1S/C19H23NO3S/c1-13(2)14-4-6-15(7-5-14)18-12-16(8-11-19(18)23-3)20-24(21,22)17-9-10-17/h4-8,11-13,17,20H,9-10H2,1-3H3. The van der Waals surface area contributed by atoms with Gasteiger partial charge < -0.3 is 4.74 Å². The van der Waals surface area contributed by atoms with Gasteiger partial charge in [0.2, 0.25) is 10.0 Å². The van der Waals surface area contributed by atoms with Crippen LogP contribution in [0.25, 0.3) is 11.1 Å². The Morgan fingerprint density at radius 2 is 1.75 bits per heavy atom. The summed E-state index contributed by atoms with van der Waals surface area (Å²) in [6.07, 6.45) is 1.49. The van der Waals surface area contributed by atoms with Crippen LogP contribution in [0.2, 0.25) is 0 Å². The number of sulfonamides is 1. The monoisotopic (exact) mass is 345 g/mol. The van der Waals surface area contributed by atoms with E-state index in [9.17, 15) is 8.42 Å². The van der Waals surface area contributed by atoms with Crippen molar-refractivity contribution in [3.63, 3.8) is 0 Å². The zero-order valence-corrected chi connectivity index (χ0v) is 15.1. The highest BCUT2D eigenvalue weighted by Gasteiger charge is 2.35. The van der Waals surface area contributed by atoms with E-state index in [1.54, 1.807) is 19.2 Å². The maximum Gasteiger partial charge on any atom is 0.235 e. The molecular weight excluding hydrogens is 322 g/mol. The summed E-state index contributed by atoms with van der Waals surface area (Å²) in [5.74, 6) is 1.19. The van der Waals surface area contributed by atoms with Crippen LogP contribution in [-0.4, -0.2) is 20.8 Å². The summed E-state index contributed by atoms with van der Waals surface area (Å²) >= 11 is 0. The van der Waals surface area contributed by atoms with E-state index in [0.717, 1.165) is 29.7 Å². The highest BCUT2D eigenvalue weighted by molar-refractivity contribution is 7.93. The molecule has 1 saturated carbocycles. The van der Waals surface area contributed by atoms with Crippen molar-refractivity contribution < 1.29 is 13.2 Å². The smallest absolute Gasteiger partial charge is 0.235 e. The molecule has 1 aliphatic rings. The topological polar surface area (TPSA) is 55.4 Å². The fourth-order valence-electron chi connectivity index (χ4n) is 2.67. The number of anilines is 1. The SMILES string of the molecule is COc1ccc(NS(=O)(=O)C2CC2)cc1-c1ccc(C(C)C)cc1. The first-order valence-corrected chi connectivity index (χ1v) is 9.75. The molecule has 24 heavy (non-hydrogen) atoms. The fraction of sp³-hybridized carbons (Fsp3) is 0.368. The average Bonchev–Trinajstić information content (AvgIpc) is 3.40. The molecule has 0 radical (unpaired) electrons. The molecule has 0 spiro atoms. The molecule has 3 rings (SSSR count). The summed E-state index contributed by atoms with van der Waals surface area (Å²) in [7, 11) is -1.65. The van der Waals surface area contributed by atoms with Gasteiger partial charge in [-0.3, -0.25) is 4.72 Å². The molecular formula is C19H23NO3S. The quantitative estimate of drug-likeness (QED) is 0.845. The van der Waals surface area contributed by atoms with Crippen molar-refractivity contribution in [2.75, 3.05) is 11.8 Å². The van der Waals surface area contributed by atoms with Crippen LogP contribution in [0.3, 0.4) is 0 Å². The second-order valence-electron chi connectivity index (χ2n) is 6.54. The highest BCUT2D eigenvalue weighted by atomic mass is 32.2. The zero-order chi connectivity index (χ0) is 17.3. The number of methoxy groups -OCH3 is 1. The van der Waals surface area contributed by atoms with Crippen molar-refractivity contribution in [2.24, 2.45) is 0 Å². The van der Waals surface area contributed by atoms with Crippen LogP contribution in [0.15, 0.2) is 42.5 Å². The molecule has 1 aliphatic carbocycles. The van der Waals surface area contributed by atoms with E-state index >= 15 is 0 Å². The summed E-state index contributed by atoms with van der Waals surface area (Å²) in [5.41, 5.74) is 3.72. The van der Waals surface area contributed by atoms with Gasteiger partial charge in [-0.1, -0.05) is 38.1 Å². The van der Waals surface area contributed by atoms with Crippen LogP contribution in [0.4, 0.5) is 5.69 Å². The highest BCUT2D eigenvalue weighted by Crippen LogP contribution is 2.35. The maximum atomic E-state index is 12.1. The minimum Gasteiger partial charge on any atom is -0.496 e. The van der Waals surface area contributed by atoms with Gasteiger partial charge in [-0.25, -0.2) is 8.42 Å². The number of hydrogen-bond donors (Lipinski definition) is 1. The number of ether oxygens (including phenoxy) is 1. The van der Waals surface area contributed by atoms with Crippen LogP contribution >= 0.6 is 0 Å². The normalized spacial score (nSPS) is 14.7. The lowest BCUT2D eigenvalue weighted by Gasteiger charge is -2.13. The second-order valence-corrected chi connectivity index (χ2v) is 8.50. The van der Waals surface area contributed by atoms with Gasteiger partial charge in [0.1, 0.15) is 5.75 Å². The molecule has 0 unspecified atom stereocenters. The van der Waals surface area contributed by atoms with Gasteiger partial charge >= 0.3 is 0 Å². The van der Waals surface area contributed by atoms with Crippen LogP contribution in [0, 0.1) is 0 Å². The molecule has 0 bridgehead atoms. The molecule has 0 amide bonds. The molecule has 0 atom stereocenters. The van der Waals surface area contributed by atoms with E-state index in [-0.39, 0.29) is 5.25 Å². The van der Waals surface area contributed by atoms with E-state index in [1.165, 1.54) is 5.56 Å². The molecule has 5 heteroatoms. The van der Waals surface area contributed by atoms with Gasteiger partial charge in [0.25, 0.3) is 0 Å². The van der Waals surface area contributed by atoms with Crippen molar-refractivity contribution in [1.29, 1.82) is 0 Å². The maximum absolute atomic E-state index is 12.1. The van der Waals surface area contributed by atoms with E-state index in [1.807, 2.05) is 18.2 Å². The van der Waals surface area contributed by atoms with Gasteiger partial charge in [0, 0.05) is 11.3 Å². The van der Waals surface area contributed by atoms with E-state index in [0.29, 0.717) is 11.6 Å². The number of nitrogens with one attached hydrogen (secondary N) is 1. The first-order chi connectivity index (χ1) is 11.4. The van der Waals surface area contributed by atoms with Crippen LogP contribution < -0.4 is 9.46 Å². The molecule has 0 aromatic heterocycles. The van der Waals surface area contributed by atoms with E-state index in [2.05, 4.69) is 30.7 Å². The Bertz CT molecular complexity index is 822. The Hall–Kier alpha value is -2.01. The zero-order valence-electron chi connectivity index (χ0n) is 14.2. The minimum absolute atomic E-state index is 0.242. The van der Waals surface area contributed by atoms with Gasteiger partial charge in [0.05, 0.1) is 12.4 Å². The summed E-state index contributed by atoms with van der Waals surface area (Å²) in [6.45, 7) is 4.31. The molecule has 4 nitrogen and oxygen atoms in total. The molecule has 2 aromatic rings. The van der Waals surface area contributed by atoms with E-state index < -0.39 is 10.0 Å². The molecule has 0 aliphatic heterocycles. The molecule has 1 fully saturated rings. The van der Waals surface area contributed by atoms with Gasteiger partial charge in [-0.05, 0) is 48.1 Å². The average molecular weight is 345 g/mol. The summed E-state index contributed by atoms with van der Waals surface area (Å²) in [5, 5.41) is -0.242. The lowest BCUT2D eigenvalue weighted by molar-refractivity contribution is 0.416. The third kappa shape index (κ3) is 3.56. The molecule has 128 valence electrons. The predicted molar refractivity (Wildman–Crippen MR) is 98.1 cm³/mol. The lowest BCUT2D eigenvalue weighted by atomic mass is 9.98. The van der Waals surface area contributed by atoms with Crippen molar-refractivity contribution in [1.82, 2.24) is 0 Å². The largest absolute Gasteiger partial charge is 0.496 e. The lowest BCUT2D eigenvalue weighted by Crippen LogP contribution is -2.17. The van der Waals surface area contributed by atoms with Gasteiger partial charge in [-0.2, -0.15) is 0 Å². The Morgan fingerprint density at radius 3 is 2.29 bits per heavy atom. The van der Waals surface area contributed by atoms with Crippen molar-refractivity contribution in [3.05, 3.63) is 48.0 Å². The number of benzene rings is 2. The number of hydrogen-bond acceptors (Lipinski definition) is 3. The summed E-state index contributed by atoms with van der Waals surface area (Å²) < 4.78 is 32.4. The molecule has 1 N–H and O–H groups in total. The first kappa shape index (κ1) is 16.8. The van der Waals surface area contributed by atoms with E-state index in [4.69, 9.17) is 4.74 Å². The second kappa shape index (κ2) is 6.48. The van der Waals surface area contributed by atoms with Crippen molar-refractivity contribution in [2.45, 2.75) is 37.9 Å². The van der Waals surface area contributed by atoms with Crippen LogP contribution in [0.5, 0.6) is 5.75 Å². The fourth-order valence-corrected chi connectivity index (χ4v) is 4.05. The summed E-state index contributed by atoms with van der Waals surface area (Å²) in [6, 6.07) is 13.7. The van der Waals surface area contributed by atoms with Crippen molar-refractivity contribution >= 4 is 15.7 Å². The minimum atomic E-state index is -3.27. The molecule has 0 heterocycles. The predicted octanol–water partition coefficient (Wildman–Crippen LogP) is 4.39. The first-order valence-electron chi connectivity index (χ1n) is 8.20. The van der Waals surface area contributed by atoms with Gasteiger partial charge in [-0.15, -0.1) is 0 Å². The Kier molecular flexibility index (Phi) is 4.54. The van der Waals surface area contributed by atoms with Crippen LogP contribution in [0.1, 0.15) is 38.2 Å². The van der Waals surface area contributed by atoms with Gasteiger partial charge in [0.15, 0.2) is 0 Å². The number of rotatable bonds is 6. The summed E-state index contributed by atoms with van der Waals surface area (Å²) in [4.78, 5) is 0.